The van der Waals surface area contributed by atoms with Crippen molar-refractivity contribution in [2.45, 2.75) is 64.8 Å². The van der Waals surface area contributed by atoms with E-state index in [1.807, 2.05) is 38.1 Å². The number of hydrogen-bond acceptors (Lipinski definition) is 8. The van der Waals surface area contributed by atoms with Crippen LogP contribution in [0.3, 0.4) is 0 Å². The van der Waals surface area contributed by atoms with Crippen LogP contribution in [0.2, 0.25) is 0 Å². The van der Waals surface area contributed by atoms with Crippen LogP contribution in [0.1, 0.15) is 38.8 Å². The fourth-order valence-corrected chi connectivity index (χ4v) is 5.11. The number of benzene rings is 2. The van der Waals surface area contributed by atoms with Crippen LogP contribution in [0.15, 0.2) is 48.5 Å². The number of ether oxygens (including phenoxy) is 2. The Morgan fingerprint density at radius 2 is 1.00 bits per heavy atom. The van der Waals surface area contributed by atoms with E-state index in [2.05, 4.69) is 0 Å². The lowest BCUT2D eigenvalue weighted by Crippen LogP contribution is -2.55. The van der Waals surface area contributed by atoms with Gasteiger partial charge in [0.2, 0.25) is 0 Å². The van der Waals surface area contributed by atoms with Crippen molar-refractivity contribution in [3.63, 3.8) is 0 Å². The van der Waals surface area contributed by atoms with Crippen molar-refractivity contribution in [2.24, 2.45) is 0 Å². The molecule has 12 heteroatoms. The van der Waals surface area contributed by atoms with Crippen LogP contribution < -0.4 is 9.47 Å². The third kappa shape index (κ3) is 6.30. The Labute approximate surface area is 251 Å². The van der Waals surface area contributed by atoms with Gasteiger partial charge < -0.3 is 19.7 Å². The summed E-state index contributed by atoms with van der Waals surface area (Å²) >= 11 is 0. The number of aryl methyl sites for hydroxylation is 2. The lowest BCUT2D eigenvalue weighted by atomic mass is 10.0. The molecule has 2 aromatic rings. The molecule has 2 saturated heterocycles. The molecule has 0 aliphatic carbocycles. The lowest BCUT2D eigenvalue weighted by Gasteiger charge is -2.36. The Morgan fingerprint density at radius 1 is 0.651 bits per heavy atom. The number of β-amino-alcohol motifs (C(OH)–C–C–N with tert-alkyl or cyclic N) is 2. The number of hydrogen-bond donors (Lipinski definition) is 2. The normalized spacial score (nSPS) is 19.3. The Hall–Kier alpha value is -4.16. The van der Waals surface area contributed by atoms with Gasteiger partial charge in [-0.15, -0.1) is 0 Å². The monoisotopic (exact) mass is 596 g/mol. The third-order valence-electron chi connectivity index (χ3n) is 7.93. The van der Waals surface area contributed by atoms with E-state index in [1.54, 1.807) is 52.0 Å². The van der Waals surface area contributed by atoms with E-state index >= 15 is 0 Å². The number of rotatable bonds is 12. The fourth-order valence-electron chi connectivity index (χ4n) is 5.11. The molecule has 2 aliphatic heterocycles. The van der Waals surface area contributed by atoms with Gasteiger partial charge in [-0.1, -0.05) is 36.4 Å². The van der Waals surface area contributed by atoms with Crippen LogP contribution in [-0.4, -0.2) is 110 Å². The van der Waals surface area contributed by atoms with E-state index in [0.29, 0.717) is 11.5 Å². The molecule has 4 rings (SSSR count). The fraction of sp³-hybridized carbons (Fsp3) is 0.484. The number of amides is 6. The van der Waals surface area contributed by atoms with Gasteiger partial charge in [-0.25, -0.2) is 9.59 Å². The first-order valence-electron chi connectivity index (χ1n) is 14.2. The minimum atomic E-state index is -1.36. The molecule has 2 N–H and O–H groups in total. The van der Waals surface area contributed by atoms with Gasteiger partial charge in [0.25, 0.3) is 11.8 Å². The Bertz CT molecular complexity index is 1290. The second-order valence-electron chi connectivity index (χ2n) is 12.0. The van der Waals surface area contributed by atoms with E-state index in [0.717, 1.165) is 20.9 Å². The maximum Gasteiger partial charge on any atom is 0.329 e. The van der Waals surface area contributed by atoms with Gasteiger partial charge in [-0.3, -0.25) is 29.2 Å². The molecular formula is C31H40N4O8. The summed E-state index contributed by atoms with van der Waals surface area (Å²) < 4.78 is 11.3. The molecule has 2 fully saturated rings. The third-order valence-corrected chi connectivity index (χ3v) is 7.93. The SMILES string of the molecule is Cc1ccccc1OCC(O)CN1C(=O)N(CN2C(=O)N(CC(O)COc3ccccc3C)C(=O)C2(C)C)C(C)(C)C1=O. The summed E-state index contributed by atoms with van der Waals surface area (Å²) in [6.07, 6.45) is -2.32. The van der Waals surface area contributed by atoms with Crippen LogP contribution in [0.5, 0.6) is 11.5 Å². The largest absolute Gasteiger partial charge is 0.491 e. The maximum absolute atomic E-state index is 13.5. The number of para-hydroxylation sites is 2. The molecule has 232 valence electrons. The van der Waals surface area contributed by atoms with Crippen molar-refractivity contribution in [2.75, 3.05) is 33.0 Å². The first-order chi connectivity index (χ1) is 20.2. The van der Waals surface area contributed by atoms with Gasteiger partial charge in [-0.2, -0.15) is 0 Å². The molecule has 0 spiro atoms. The van der Waals surface area contributed by atoms with Crippen LogP contribution in [0, 0.1) is 13.8 Å². The van der Waals surface area contributed by atoms with E-state index < -0.39 is 47.2 Å². The topological polar surface area (TPSA) is 140 Å². The van der Waals surface area contributed by atoms with Gasteiger partial charge in [0.15, 0.2) is 0 Å². The first kappa shape index (κ1) is 31.8. The molecule has 12 nitrogen and oxygen atoms in total. The number of nitrogens with zero attached hydrogens (tertiary/aromatic N) is 4. The number of aliphatic hydroxyl groups is 2. The number of carbonyl (C=O) groups is 4. The Balaban J connectivity index is 1.41. The molecule has 0 saturated carbocycles. The van der Waals surface area contributed by atoms with Gasteiger partial charge in [0.05, 0.1) is 13.1 Å². The molecule has 0 aromatic heterocycles. The standard InChI is InChI=1S/C31H40N4O8/c1-20-11-7-9-13-24(20)42-17-22(36)15-32-26(38)30(3,4)34(28(32)40)19-35-29(41)33(27(39)31(35,5)6)16-23(37)18-43-25-14-10-8-12-21(25)2/h7-14,22-23,36-37H,15-19H2,1-6H3. The first-order valence-corrected chi connectivity index (χ1v) is 14.2. The summed E-state index contributed by atoms with van der Waals surface area (Å²) in [6.45, 7) is 8.66. The molecule has 2 unspecified atom stereocenters. The highest BCUT2D eigenvalue weighted by molar-refractivity contribution is 6.08. The number of imide groups is 2. The van der Waals surface area contributed by atoms with E-state index in [4.69, 9.17) is 9.47 Å². The van der Waals surface area contributed by atoms with Crippen LogP contribution >= 0.6 is 0 Å². The average Bonchev–Trinajstić information content (AvgIpc) is 3.21. The predicted molar refractivity (Wildman–Crippen MR) is 156 cm³/mol. The van der Waals surface area contributed by atoms with Gasteiger partial charge >= 0.3 is 12.1 Å². The van der Waals surface area contributed by atoms with Crippen molar-refractivity contribution in [3.8, 4) is 11.5 Å². The molecule has 0 radical (unpaired) electrons. The summed E-state index contributed by atoms with van der Waals surface area (Å²) in [6, 6.07) is 13.2. The summed E-state index contributed by atoms with van der Waals surface area (Å²) in [5.41, 5.74) is -0.964. The van der Waals surface area contributed by atoms with Gasteiger partial charge in [0.1, 0.15) is 54.7 Å². The highest BCUT2D eigenvalue weighted by Gasteiger charge is 2.57. The summed E-state index contributed by atoms with van der Waals surface area (Å²) in [4.78, 5) is 57.8. The van der Waals surface area contributed by atoms with Gasteiger partial charge in [-0.05, 0) is 64.8 Å². The molecule has 43 heavy (non-hydrogen) atoms. The number of aliphatic hydroxyl groups excluding tert-OH is 2. The second kappa shape index (κ2) is 12.2. The summed E-state index contributed by atoms with van der Waals surface area (Å²) in [5.74, 6) is 0.0598. The van der Waals surface area contributed by atoms with E-state index in [9.17, 15) is 29.4 Å². The zero-order valence-corrected chi connectivity index (χ0v) is 25.4. The van der Waals surface area contributed by atoms with Crippen molar-refractivity contribution in [1.29, 1.82) is 0 Å². The summed E-state index contributed by atoms with van der Waals surface area (Å²) in [5, 5.41) is 21.2. The highest BCUT2D eigenvalue weighted by Crippen LogP contribution is 2.33. The van der Waals surface area contributed by atoms with Crippen molar-refractivity contribution >= 4 is 23.9 Å². The van der Waals surface area contributed by atoms with Crippen LogP contribution in [0.4, 0.5) is 9.59 Å². The molecule has 2 aromatic carbocycles. The minimum Gasteiger partial charge on any atom is -0.491 e. The zero-order chi connectivity index (χ0) is 31.7. The Morgan fingerprint density at radius 3 is 1.35 bits per heavy atom. The molecule has 0 bridgehead atoms. The van der Waals surface area contributed by atoms with Gasteiger partial charge in [0, 0.05) is 0 Å². The lowest BCUT2D eigenvalue weighted by molar-refractivity contribution is -0.134. The van der Waals surface area contributed by atoms with Crippen molar-refractivity contribution in [3.05, 3.63) is 59.7 Å². The second-order valence-corrected chi connectivity index (χ2v) is 12.0. The quantitative estimate of drug-likeness (QED) is 0.357. The zero-order valence-electron chi connectivity index (χ0n) is 25.4. The predicted octanol–water partition coefficient (Wildman–Crippen LogP) is 2.53. The van der Waals surface area contributed by atoms with Crippen molar-refractivity contribution < 1.29 is 38.9 Å². The average molecular weight is 597 g/mol. The van der Waals surface area contributed by atoms with Crippen LogP contribution in [-0.2, 0) is 9.59 Å². The van der Waals surface area contributed by atoms with E-state index in [-0.39, 0.29) is 33.0 Å². The molecule has 2 atom stereocenters. The van der Waals surface area contributed by atoms with E-state index in [1.165, 1.54) is 9.80 Å². The minimum absolute atomic E-state index is 0.140. The maximum atomic E-state index is 13.5. The Kier molecular flexibility index (Phi) is 9.02. The molecule has 2 heterocycles. The molecule has 2 aliphatic rings. The van der Waals surface area contributed by atoms with Crippen molar-refractivity contribution in [1.82, 2.24) is 19.6 Å². The highest BCUT2D eigenvalue weighted by atomic mass is 16.5. The molecular weight excluding hydrogens is 556 g/mol. The number of carbonyl (C=O) groups excluding carboxylic acids is 4. The smallest absolute Gasteiger partial charge is 0.329 e. The number of urea groups is 2. The van der Waals surface area contributed by atoms with Crippen LogP contribution in [0.25, 0.3) is 0 Å². The summed E-state index contributed by atoms with van der Waals surface area (Å²) in [7, 11) is 0. The molecule has 6 amide bonds.